The van der Waals surface area contributed by atoms with Gasteiger partial charge in [-0.05, 0) is 18.9 Å². The first-order valence-electron chi connectivity index (χ1n) is 5.86. The van der Waals surface area contributed by atoms with Gasteiger partial charge < -0.3 is 9.64 Å². The molecule has 1 amide bonds. The summed E-state index contributed by atoms with van der Waals surface area (Å²) in [6.45, 7) is 1.07. The van der Waals surface area contributed by atoms with E-state index in [0.29, 0.717) is 18.7 Å². The van der Waals surface area contributed by atoms with Crippen LogP contribution in [-0.4, -0.2) is 47.2 Å². The van der Waals surface area contributed by atoms with Crippen LogP contribution in [0.2, 0.25) is 0 Å². The fourth-order valence-corrected chi connectivity index (χ4v) is 2.12. The summed E-state index contributed by atoms with van der Waals surface area (Å²) in [5.41, 5.74) is 0.496. The lowest BCUT2D eigenvalue weighted by atomic mass is 9.98. The van der Waals surface area contributed by atoms with E-state index in [1.165, 1.54) is 19.5 Å². The van der Waals surface area contributed by atoms with Gasteiger partial charge in [0.25, 0.3) is 5.91 Å². The van der Waals surface area contributed by atoms with Crippen LogP contribution in [0.3, 0.4) is 0 Å². The van der Waals surface area contributed by atoms with Gasteiger partial charge in [-0.25, -0.2) is 0 Å². The van der Waals surface area contributed by atoms with Crippen molar-refractivity contribution in [2.45, 2.75) is 12.8 Å². The zero-order valence-corrected chi connectivity index (χ0v) is 10.2. The summed E-state index contributed by atoms with van der Waals surface area (Å²) in [4.78, 5) is 25.3. The number of hydrogen-bond acceptors (Lipinski definition) is 5. The van der Waals surface area contributed by atoms with Gasteiger partial charge in [-0.15, -0.1) is 0 Å². The number of carbonyl (C=O) groups is 2. The average molecular weight is 249 g/mol. The topological polar surface area (TPSA) is 72.4 Å². The van der Waals surface area contributed by atoms with E-state index in [0.717, 1.165) is 12.8 Å². The van der Waals surface area contributed by atoms with Gasteiger partial charge in [-0.1, -0.05) is 0 Å². The highest BCUT2D eigenvalue weighted by Crippen LogP contribution is 2.19. The second kappa shape index (κ2) is 5.57. The fourth-order valence-electron chi connectivity index (χ4n) is 2.12. The van der Waals surface area contributed by atoms with Gasteiger partial charge in [-0.3, -0.25) is 9.59 Å². The molecule has 0 spiro atoms. The van der Waals surface area contributed by atoms with Crippen molar-refractivity contribution in [3.63, 3.8) is 0 Å². The van der Waals surface area contributed by atoms with E-state index in [2.05, 4.69) is 10.2 Å². The number of methoxy groups -OCH3 is 1. The van der Waals surface area contributed by atoms with Crippen LogP contribution in [-0.2, 0) is 9.53 Å². The number of hydrogen-bond donors (Lipinski definition) is 0. The monoisotopic (exact) mass is 249 g/mol. The Morgan fingerprint density at radius 2 is 2.28 bits per heavy atom. The lowest BCUT2D eigenvalue weighted by Gasteiger charge is -2.31. The second-order valence-corrected chi connectivity index (χ2v) is 4.24. The van der Waals surface area contributed by atoms with Crippen LogP contribution in [0.5, 0.6) is 0 Å². The molecule has 1 aromatic heterocycles. The molecule has 1 aliphatic rings. The molecule has 1 aliphatic heterocycles. The van der Waals surface area contributed by atoms with Crippen LogP contribution in [0.25, 0.3) is 0 Å². The Hall–Kier alpha value is -1.98. The van der Waals surface area contributed by atoms with Crippen LogP contribution < -0.4 is 0 Å². The molecule has 6 nitrogen and oxygen atoms in total. The number of aromatic nitrogens is 2. The summed E-state index contributed by atoms with van der Waals surface area (Å²) in [5.74, 6) is -0.582. The number of ether oxygens (including phenoxy) is 1. The predicted molar refractivity (Wildman–Crippen MR) is 62.7 cm³/mol. The molecule has 0 radical (unpaired) electrons. The summed E-state index contributed by atoms with van der Waals surface area (Å²) >= 11 is 0. The lowest BCUT2D eigenvalue weighted by Crippen LogP contribution is -2.42. The van der Waals surface area contributed by atoms with Crippen molar-refractivity contribution < 1.29 is 14.3 Å². The van der Waals surface area contributed by atoms with Crippen LogP contribution in [0.1, 0.15) is 23.2 Å². The van der Waals surface area contributed by atoms with Crippen molar-refractivity contribution in [1.82, 2.24) is 15.1 Å². The van der Waals surface area contributed by atoms with Gasteiger partial charge in [0.05, 0.1) is 31.0 Å². The van der Waals surface area contributed by atoms with Gasteiger partial charge in [0.2, 0.25) is 0 Å². The molecule has 1 aromatic rings. The first-order valence-corrected chi connectivity index (χ1v) is 5.86. The second-order valence-electron chi connectivity index (χ2n) is 4.24. The lowest BCUT2D eigenvalue weighted by molar-refractivity contribution is -0.146. The van der Waals surface area contributed by atoms with Gasteiger partial charge in [-0.2, -0.15) is 10.2 Å². The van der Waals surface area contributed by atoms with Gasteiger partial charge in [0, 0.05) is 13.1 Å². The zero-order chi connectivity index (χ0) is 13.0. The molecule has 96 valence electrons. The van der Waals surface area contributed by atoms with Gasteiger partial charge in [0.15, 0.2) is 0 Å². The van der Waals surface area contributed by atoms with Crippen molar-refractivity contribution in [3.8, 4) is 0 Å². The van der Waals surface area contributed by atoms with Crippen LogP contribution in [0.4, 0.5) is 0 Å². The molecule has 2 heterocycles. The fraction of sp³-hybridized carbons (Fsp3) is 0.500. The molecule has 0 N–H and O–H groups in total. The average Bonchev–Trinajstić information content (AvgIpc) is 2.46. The Morgan fingerprint density at radius 3 is 2.94 bits per heavy atom. The van der Waals surface area contributed by atoms with Crippen molar-refractivity contribution in [2.24, 2.45) is 5.92 Å². The maximum atomic E-state index is 12.2. The predicted octanol–water partition coefficient (Wildman–Crippen LogP) is 0.502. The molecule has 1 atom stereocenters. The van der Waals surface area contributed by atoms with Crippen LogP contribution in [0, 0.1) is 5.92 Å². The summed E-state index contributed by atoms with van der Waals surface area (Å²) in [7, 11) is 1.37. The van der Waals surface area contributed by atoms with Crippen LogP contribution >= 0.6 is 0 Å². The maximum Gasteiger partial charge on any atom is 0.310 e. The molecule has 0 bridgehead atoms. The van der Waals surface area contributed by atoms with E-state index in [-0.39, 0.29) is 17.8 Å². The molecule has 6 heteroatoms. The van der Waals surface area contributed by atoms with Gasteiger partial charge >= 0.3 is 5.97 Å². The molecule has 0 saturated carbocycles. The highest BCUT2D eigenvalue weighted by Gasteiger charge is 2.29. The minimum absolute atomic E-state index is 0.112. The Labute approximate surface area is 105 Å². The summed E-state index contributed by atoms with van der Waals surface area (Å²) in [5, 5.41) is 7.32. The molecule has 0 aliphatic carbocycles. The smallest absolute Gasteiger partial charge is 0.310 e. The summed E-state index contributed by atoms with van der Waals surface area (Å²) in [6.07, 6.45) is 4.49. The molecular formula is C12H15N3O3. The Kier molecular flexibility index (Phi) is 3.86. The molecule has 1 fully saturated rings. The Bertz CT molecular complexity index is 435. The van der Waals surface area contributed by atoms with E-state index in [1.54, 1.807) is 11.0 Å². The summed E-state index contributed by atoms with van der Waals surface area (Å²) in [6, 6.07) is 1.62. The minimum Gasteiger partial charge on any atom is -0.469 e. The molecule has 1 saturated heterocycles. The van der Waals surface area contributed by atoms with E-state index < -0.39 is 0 Å². The van der Waals surface area contributed by atoms with Crippen molar-refractivity contribution in [2.75, 3.05) is 20.2 Å². The van der Waals surface area contributed by atoms with Crippen LogP contribution in [0.15, 0.2) is 18.5 Å². The molecule has 18 heavy (non-hydrogen) atoms. The molecular weight excluding hydrogens is 234 g/mol. The highest BCUT2D eigenvalue weighted by molar-refractivity contribution is 5.94. The SMILES string of the molecule is COC(=O)[C@H]1CCCN(C(=O)c2ccnnc2)C1. The number of nitrogens with zero attached hydrogens (tertiary/aromatic N) is 3. The van der Waals surface area contributed by atoms with E-state index >= 15 is 0 Å². The Morgan fingerprint density at radius 1 is 1.44 bits per heavy atom. The maximum absolute atomic E-state index is 12.2. The van der Waals surface area contributed by atoms with Crippen molar-refractivity contribution in [1.29, 1.82) is 0 Å². The normalized spacial score (nSPS) is 19.4. The number of carbonyl (C=O) groups excluding carboxylic acids is 2. The minimum atomic E-state index is -0.250. The molecule has 0 aromatic carbocycles. The quantitative estimate of drug-likeness (QED) is 0.714. The first kappa shape index (κ1) is 12.5. The number of piperidine rings is 1. The van der Waals surface area contributed by atoms with Crippen molar-refractivity contribution >= 4 is 11.9 Å². The standard InChI is InChI=1S/C12H15N3O3/c1-18-12(17)10-3-2-6-15(8-10)11(16)9-4-5-13-14-7-9/h4-5,7,10H,2-3,6,8H2,1H3/t10-/m0/s1. The molecule has 2 rings (SSSR count). The van der Waals surface area contributed by atoms with E-state index in [9.17, 15) is 9.59 Å². The number of likely N-dealkylation sites (tertiary alicyclic amines) is 1. The van der Waals surface area contributed by atoms with E-state index in [1.807, 2.05) is 0 Å². The first-order chi connectivity index (χ1) is 8.72. The number of esters is 1. The van der Waals surface area contributed by atoms with Gasteiger partial charge in [0.1, 0.15) is 0 Å². The number of rotatable bonds is 2. The van der Waals surface area contributed by atoms with Crippen molar-refractivity contribution in [3.05, 3.63) is 24.0 Å². The largest absolute Gasteiger partial charge is 0.469 e. The number of amides is 1. The summed E-state index contributed by atoms with van der Waals surface area (Å²) < 4.78 is 4.72. The molecule has 0 unspecified atom stereocenters. The Balaban J connectivity index is 2.05. The zero-order valence-electron chi connectivity index (χ0n) is 10.2. The third-order valence-corrected chi connectivity index (χ3v) is 3.07. The highest BCUT2D eigenvalue weighted by atomic mass is 16.5. The third kappa shape index (κ3) is 2.64. The third-order valence-electron chi connectivity index (χ3n) is 3.07. The van der Waals surface area contributed by atoms with E-state index in [4.69, 9.17) is 4.74 Å².